The highest BCUT2D eigenvalue weighted by Gasteiger charge is 2.29. The molecule has 1 aromatic rings. The first-order valence-corrected chi connectivity index (χ1v) is 5.93. The number of rotatable bonds is 5. The van der Waals surface area contributed by atoms with Gasteiger partial charge in [0.1, 0.15) is 5.92 Å². The average molecular weight is 280 g/mol. The van der Waals surface area contributed by atoms with Crippen LogP contribution in [0.1, 0.15) is 24.2 Å². The van der Waals surface area contributed by atoms with Crippen LogP contribution < -0.4 is 5.32 Å². The Labute approximate surface area is 116 Å². The summed E-state index contributed by atoms with van der Waals surface area (Å²) in [7, 11) is 1.23. The van der Waals surface area contributed by atoms with Gasteiger partial charge in [0.15, 0.2) is 0 Å². The maximum atomic E-state index is 11.9. The van der Waals surface area contributed by atoms with E-state index in [1.807, 2.05) is 0 Å². The van der Waals surface area contributed by atoms with E-state index in [-0.39, 0.29) is 17.2 Å². The Kier molecular flexibility index (Phi) is 5.19. The number of amides is 1. The summed E-state index contributed by atoms with van der Waals surface area (Å²) in [5, 5.41) is 11.5. The summed E-state index contributed by atoms with van der Waals surface area (Å²) in [6, 6.07) is 1.37. The Morgan fingerprint density at radius 3 is 2.45 bits per heavy atom. The molecular weight excluding hydrogens is 264 g/mol. The maximum absolute atomic E-state index is 11.9. The third-order valence-corrected chi connectivity index (χ3v) is 2.64. The van der Waals surface area contributed by atoms with Gasteiger partial charge in [-0.15, -0.1) is 0 Å². The van der Waals surface area contributed by atoms with Crippen LogP contribution in [0.4, 0.5) is 5.69 Å². The molecule has 0 saturated carbocycles. The van der Waals surface area contributed by atoms with Crippen LogP contribution in [-0.2, 0) is 14.3 Å². The minimum absolute atomic E-state index is 0.168. The number of carboxylic acids is 1. The standard InChI is InChI=1S/C13H16N2O5/c1-7(2)10(12(17)18)11(16)15-9-4-8(5-14-6-9)13(19)20-3/h4-7,10H,1-3H3,(H,15,16)(H,17,18). The van der Waals surface area contributed by atoms with Crippen molar-refractivity contribution in [1.82, 2.24) is 4.98 Å². The first kappa shape index (κ1) is 15.6. The summed E-state index contributed by atoms with van der Waals surface area (Å²) >= 11 is 0. The van der Waals surface area contributed by atoms with Crippen LogP contribution in [0.2, 0.25) is 0 Å². The Morgan fingerprint density at radius 2 is 1.95 bits per heavy atom. The number of methoxy groups -OCH3 is 1. The van der Waals surface area contributed by atoms with E-state index in [1.165, 1.54) is 25.6 Å². The number of nitrogens with one attached hydrogen (secondary N) is 1. The smallest absolute Gasteiger partial charge is 0.339 e. The maximum Gasteiger partial charge on any atom is 0.339 e. The van der Waals surface area contributed by atoms with Crippen molar-refractivity contribution in [2.45, 2.75) is 13.8 Å². The van der Waals surface area contributed by atoms with E-state index in [0.717, 1.165) is 0 Å². The molecule has 1 heterocycles. The normalized spacial score (nSPS) is 11.8. The Morgan fingerprint density at radius 1 is 1.30 bits per heavy atom. The fourth-order valence-corrected chi connectivity index (χ4v) is 1.66. The average Bonchev–Trinajstić information content (AvgIpc) is 2.37. The fraction of sp³-hybridized carbons (Fsp3) is 0.385. The summed E-state index contributed by atoms with van der Waals surface area (Å²) < 4.78 is 4.53. The van der Waals surface area contributed by atoms with E-state index < -0.39 is 23.8 Å². The molecule has 1 amide bonds. The van der Waals surface area contributed by atoms with Crippen LogP contribution in [0.5, 0.6) is 0 Å². The van der Waals surface area contributed by atoms with E-state index in [4.69, 9.17) is 5.11 Å². The van der Waals surface area contributed by atoms with Crippen molar-refractivity contribution >= 4 is 23.5 Å². The molecule has 1 aromatic heterocycles. The van der Waals surface area contributed by atoms with Crippen molar-refractivity contribution < 1.29 is 24.2 Å². The van der Waals surface area contributed by atoms with E-state index in [0.29, 0.717) is 0 Å². The summed E-state index contributed by atoms with van der Waals surface area (Å²) in [5.74, 6) is -3.97. The lowest BCUT2D eigenvalue weighted by molar-refractivity contribution is -0.147. The molecule has 0 fully saturated rings. The van der Waals surface area contributed by atoms with Crippen LogP contribution in [0, 0.1) is 11.8 Å². The lowest BCUT2D eigenvalue weighted by atomic mass is 9.95. The highest BCUT2D eigenvalue weighted by atomic mass is 16.5. The first-order valence-electron chi connectivity index (χ1n) is 5.93. The lowest BCUT2D eigenvalue weighted by Crippen LogP contribution is -2.33. The minimum atomic E-state index is -1.20. The van der Waals surface area contributed by atoms with Crippen molar-refractivity contribution in [1.29, 1.82) is 0 Å². The van der Waals surface area contributed by atoms with E-state index in [2.05, 4.69) is 15.0 Å². The molecule has 1 unspecified atom stereocenters. The second-order valence-corrected chi connectivity index (χ2v) is 4.50. The van der Waals surface area contributed by atoms with Crippen LogP contribution in [0.3, 0.4) is 0 Å². The zero-order chi connectivity index (χ0) is 15.3. The van der Waals surface area contributed by atoms with Crippen LogP contribution in [0.25, 0.3) is 0 Å². The molecule has 0 spiro atoms. The van der Waals surface area contributed by atoms with Crippen molar-refractivity contribution in [3.8, 4) is 0 Å². The molecule has 0 bridgehead atoms. The molecule has 0 aliphatic carbocycles. The number of hydrogen-bond donors (Lipinski definition) is 2. The van der Waals surface area contributed by atoms with Gasteiger partial charge < -0.3 is 15.2 Å². The molecule has 0 aliphatic rings. The molecule has 20 heavy (non-hydrogen) atoms. The van der Waals surface area contributed by atoms with Crippen LogP contribution in [0.15, 0.2) is 18.5 Å². The number of nitrogens with zero attached hydrogens (tertiary/aromatic N) is 1. The fourth-order valence-electron chi connectivity index (χ4n) is 1.66. The highest BCUT2D eigenvalue weighted by molar-refractivity contribution is 6.04. The number of esters is 1. The first-order chi connectivity index (χ1) is 9.36. The molecule has 7 nitrogen and oxygen atoms in total. The number of carbonyl (C=O) groups excluding carboxylic acids is 2. The molecule has 0 aliphatic heterocycles. The number of aromatic nitrogens is 1. The van der Waals surface area contributed by atoms with Crippen molar-refractivity contribution in [3.05, 3.63) is 24.0 Å². The van der Waals surface area contributed by atoms with Gasteiger partial charge in [0.05, 0.1) is 24.6 Å². The van der Waals surface area contributed by atoms with Crippen molar-refractivity contribution in [3.63, 3.8) is 0 Å². The third-order valence-electron chi connectivity index (χ3n) is 2.64. The molecular formula is C13H16N2O5. The third kappa shape index (κ3) is 3.78. The number of anilines is 1. The molecule has 0 saturated heterocycles. The SMILES string of the molecule is COC(=O)c1cncc(NC(=O)C(C(=O)O)C(C)C)c1. The summed E-state index contributed by atoms with van der Waals surface area (Å²) in [6.07, 6.45) is 2.61. The summed E-state index contributed by atoms with van der Waals surface area (Å²) in [6.45, 7) is 3.28. The zero-order valence-electron chi connectivity index (χ0n) is 11.4. The quantitative estimate of drug-likeness (QED) is 0.619. The predicted octanol–water partition coefficient (Wildman–Crippen LogP) is 1.16. The predicted molar refractivity (Wildman–Crippen MR) is 70.2 cm³/mol. The molecule has 0 aromatic carbocycles. The Balaban J connectivity index is 2.90. The minimum Gasteiger partial charge on any atom is -0.481 e. The van der Waals surface area contributed by atoms with Crippen LogP contribution >= 0.6 is 0 Å². The van der Waals surface area contributed by atoms with E-state index >= 15 is 0 Å². The van der Waals surface area contributed by atoms with Gasteiger partial charge in [0.2, 0.25) is 5.91 Å². The number of carbonyl (C=O) groups is 3. The van der Waals surface area contributed by atoms with Crippen molar-refractivity contribution in [2.75, 3.05) is 12.4 Å². The molecule has 0 radical (unpaired) electrons. The summed E-state index contributed by atoms with van der Waals surface area (Å²) in [4.78, 5) is 38.1. The summed E-state index contributed by atoms with van der Waals surface area (Å²) in [5.41, 5.74) is 0.409. The van der Waals surface area contributed by atoms with Gasteiger partial charge in [0, 0.05) is 6.20 Å². The molecule has 7 heteroatoms. The Bertz CT molecular complexity index is 527. The van der Waals surface area contributed by atoms with Gasteiger partial charge in [-0.05, 0) is 12.0 Å². The van der Waals surface area contributed by atoms with Gasteiger partial charge in [0.25, 0.3) is 0 Å². The second kappa shape index (κ2) is 6.65. The lowest BCUT2D eigenvalue weighted by Gasteiger charge is -2.15. The van der Waals surface area contributed by atoms with Gasteiger partial charge >= 0.3 is 11.9 Å². The van der Waals surface area contributed by atoms with E-state index in [9.17, 15) is 14.4 Å². The van der Waals surface area contributed by atoms with Gasteiger partial charge in [-0.2, -0.15) is 0 Å². The molecule has 2 N–H and O–H groups in total. The van der Waals surface area contributed by atoms with Gasteiger partial charge in [-0.25, -0.2) is 4.79 Å². The molecule has 1 rings (SSSR count). The van der Waals surface area contributed by atoms with Gasteiger partial charge in [-0.3, -0.25) is 14.6 Å². The topological polar surface area (TPSA) is 106 Å². The number of pyridine rings is 1. The van der Waals surface area contributed by atoms with Crippen LogP contribution in [-0.4, -0.2) is 35.0 Å². The second-order valence-electron chi connectivity index (χ2n) is 4.50. The highest BCUT2D eigenvalue weighted by Crippen LogP contribution is 2.16. The zero-order valence-corrected chi connectivity index (χ0v) is 11.4. The monoisotopic (exact) mass is 280 g/mol. The number of ether oxygens (including phenoxy) is 1. The molecule has 1 atom stereocenters. The van der Waals surface area contributed by atoms with E-state index in [1.54, 1.807) is 13.8 Å². The number of hydrogen-bond acceptors (Lipinski definition) is 5. The number of aliphatic carboxylic acids is 1. The van der Waals surface area contributed by atoms with Crippen molar-refractivity contribution in [2.24, 2.45) is 11.8 Å². The Hall–Kier alpha value is -2.44. The number of carboxylic acid groups (broad SMARTS) is 1. The largest absolute Gasteiger partial charge is 0.481 e. The molecule has 108 valence electrons. The van der Waals surface area contributed by atoms with Gasteiger partial charge in [-0.1, -0.05) is 13.8 Å².